The molecule has 0 amide bonds. The normalized spacial score (nSPS) is 20.8. The molecule has 1 aromatic heterocycles. The Labute approximate surface area is 75.6 Å². The van der Waals surface area contributed by atoms with Gasteiger partial charge in [0.1, 0.15) is 5.69 Å². The second-order valence-corrected chi connectivity index (χ2v) is 3.05. The van der Waals surface area contributed by atoms with Crippen LogP contribution in [0.15, 0.2) is 18.2 Å². The fourth-order valence-corrected chi connectivity index (χ4v) is 1.31. The van der Waals surface area contributed by atoms with Gasteiger partial charge in [0.2, 0.25) is 0 Å². The van der Waals surface area contributed by atoms with Crippen LogP contribution in [0.25, 0.3) is 0 Å². The molecule has 0 aromatic carbocycles. The second kappa shape index (κ2) is 3.14. The zero-order valence-electron chi connectivity index (χ0n) is 7.03. The number of nitrogens with zero attached hydrogens (tertiary/aromatic N) is 1. The first kappa shape index (κ1) is 8.19. The van der Waals surface area contributed by atoms with Crippen LogP contribution in [-0.2, 0) is 0 Å². The van der Waals surface area contributed by atoms with E-state index in [9.17, 15) is 4.79 Å². The zero-order chi connectivity index (χ0) is 9.26. The fourth-order valence-electron chi connectivity index (χ4n) is 1.31. The highest BCUT2D eigenvalue weighted by Crippen LogP contribution is 2.20. The van der Waals surface area contributed by atoms with E-state index in [-0.39, 0.29) is 11.7 Å². The molecule has 1 aliphatic rings. The Kier molecular flexibility index (Phi) is 1.98. The molecule has 2 heterocycles. The first-order valence-corrected chi connectivity index (χ1v) is 4.21. The molecule has 0 bridgehead atoms. The topological polar surface area (TPSA) is 62.2 Å². The molecule has 0 saturated carbocycles. The Bertz CT molecular complexity index is 334. The number of carboxylic acids is 1. The minimum Gasteiger partial charge on any atom is -0.477 e. The van der Waals surface area contributed by atoms with Crippen molar-refractivity contribution in [1.29, 1.82) is 0 Å². The van der Waals surface area contributed by atoms with E-state index >= 15 is 0 Å². The molecule has 1 fully saturated rings. The summed E-state index contributed by atoms with van der Waals surface area (Å²) in [7, 11) is 0. The van der Waals surface area contributed by atoms with Crippen LogP contribution in [0.3, 0.4) is 0 Å². The smallest absolute Gasteiger partial charge is 0.354 e. The Balaban J connectivity index is 2.26. The summed E-state index contributed by atoms with van der Waals surface area (Å²) in [4.78, 5) is 14.6. The summed E-state index contributed by atoms with van der Waals surface area (Å²) in [5.74, 6) is -0.971. The third-order valence-corrected chi connectivity index (χ3v) is 2.17. The van der Waals surface area contributed by atoms with Gasteiger partial charge in [0.25, 0.3) is 0 Å². The highest BCUT2D eigenvalue weighted by molar-refractivity contribution is 5.85. The summed E-state index contributed by atoms with van der Waals surface area (Å²) in [6.45, 7) is 0.990. The standard InChI is InChI=1S/C9H10N2O2/c12-9(13)8-3-1-2-7(11-8)6-4-5-10-6/h1-3,6,10H,4-5H2,(H,12,13)/t6-/m1/s1. The van der Waals surface area contributed by atoms with Gasteiger partial charge in [0, 0.05) is 0 Å². The lowest BCUT2D eigenvalue weighted by atomic mass is 10.0. The van der Waals surface area contributed by atoms with Crippen molar-refractivity contribution in [2.75, 3.05) is 6.54 Å². The molecule has 0 unspecified atom stereocenters. The van der Waals surface area contributed by atoms with Crippen LogP contribution in [-0.4, -0.2) is 22.6 Å². The van der Waals surface area contributed by atoms with Gasteiger partial charge in [-0.1, -0.05) is 6.07 Å². The van der Waals surface area contributed by atoms with Crippen molar-refractivity contribution in [2.45, 2.75) is 12.5 Å². The lowest BCUT2D eigenvalue weighted by molar-refractivity contribution is 0.0690. The summed E-state index contributed by atoms with van der Waals surface area (Å²) in [6, 6.07) is 5.33. The van der Waals surface area contributed by atoms with E-state index in [0.29, 0.717) is 0 Å². The summed E-state index contributed by atoms with van der Waals surface area (Å²) in [5, 5.41) is 11.9. The highest BCUT2D eigenvalue weighted by atomic mass is 16.4. The van der Waals surface area contributed by atoms with E-state index < -0.39 is 5.97 Å². The lowest BCUT2D eigenvalue weighted by Crippen LogP contribution is -2.35. The maximum atomic E-state index is 10.6. The van der Waals surface area contributed by atoms with E-state index in [1.807, 2.05) is 6.07 Å². The molecule has 0 spiro atoms. The second-order valence-electron chi connectivity index (χ2n) is 3.05. The third-order valence-electron chi connectivity index (χ3n) is 2.17. The van der Waals surface area contributed by atoms with Crippen molar-refractivity contribution < 1.29 is 9.90 Å². The Hall–Kier alpha value is -1.42. The monoisotopic (exact) mass is 178 g/mol. The average Bonchev–Trinajstić information content (AvgIpc) is 2.01. The molecule has 1 aliphatic heterocycles. The summed E-state index contributed by atoms with van der Waals surface area (Å²) in [5.41, 5.74) is 0.942. The zero-order valence-corrected chi connectivity index (χ0v) is 7.03. The third kappa shape index (κ3) is 1.53. The number of nitrogens with one attached hydrogen (secondary N) is 1. The van der Waals surface area contributed by atoms with E-state index in [0.717, 1.165) is 18.7 Å². The molecule has 1 aromatic rings. The van der Waals surface area contributed by atoms with Crippen LogP contribution in [0.4, 0.5) is 0 Å². The fraction of sp³-hybridized carbons (Fsp3) is 0.333. The molecular weight excluding hydrogens is 168 g/mol. The Morgan fingerprint density at radius 2 is 2.38 bits per heavy atom. The number of pyridine rings is 1. The van der Waals surface area contributed by atoms with Gasteiger partial charge < -0.3 is 10.4 Å². The van der Waals surface area contributed by atoms with Crippen molar-refractivity contribution >= 4 is 5.97 Å². The van der Waals surface area contributed by atoms with E-state index in [4.69, 9.17) is 5.11 Å². The first-order valence-electron chi connectivity index (χ1n) is 4.21. The first-order chi connectivity index (χ1) is 6.27. The SMILES string of the molecule is O=C(O)c1cccc([C@H]2CCN2)n1. The predicted octanol–water partition coefficient (Wildman–Crippen LogP) is 0.814. The van der Waals surface area contributed by atoms with Crippen molar-refractivity contribution in [3.63, 3.8) is 0 Å². The largest absolute Gasteiger partial charge is 0.477 e. The van der Waals surface area contributed by atoms with Gasteiger partial charge in [0.15, 0.2) is 0 Å². The maximum absolute atomic E-state index is 10.6. The molecular formula is C9H10N2O2. The van der Waals surface area contributed by atoms with Gasteiger partial charge in [-0.2, -0.15) is 0 Å². The molecule has 0 radical (unpaired) electrons. The highest BCUT2D eigenvalue weighted by Gasteiger charge is 2.20. The molecule has 1 saturated heterocycles. The van der Waals surface area contributed by atoms with Gasteiger partial charge in [-0.15, -0.1) is 0 Å². The van der Waals surface area contributed by atoms with Crippen LogP contribution >= 0.6 is 0 Å². The van der Waals surface area contributed by atoms with Crippen molar-refractivity contribution in [1.82, 2.24) is 10.3 Å². The minimum absolute atomic E-state index is 0.117. The van der Waals surface area contributed by atoms with Crippen LogP contribution in [0.5, 0.6) is 0 Å². The van der Waals surface area contributed by atoms with Crippen molar-refractivity contribution in [3.8, 4) is 0 Å². The molecule has 68 valence electrons. The number of hydrogen-bond donors (Lipinski definition) is 2. The summed E-state index contributed by atoms with van der Waals surface area (Å²) < 4.78 is 0. The van der Waals surface area contributed by atoms with Gasteiger partial charge in [-0.3, -0.25) is 0 Å². The Morgan fingerprint density at radius 1 is 1.62 bits per heavy atom. The van der Waals surface area contributed by atoms with E-state index in [2.05, 4.69) is 10.3 Å². The number of carboxylic acid groups (broad SMARTS) is 1. The Morgan fingerprint density at radius 3 is 2.92 bits per heavy atom. The number of carbonyl (C=O) groups is 1. The van der Waals surface area contributed by atoms with Crippen molar-refractivity contribution in [2.24, 2.45) is 0 Å². The van der Waals surface area contributed by atoms with Gasteiger partial charge in [-0.05, 0) is 25.1 Å². The molecule has 0 aliphatic carbocycles. The molecule has 4 nitrogen and oxygen atoms in total. The number of rotatable bonds is 2. The summed E-state index contributed by atoms with van der Waals surface area (Å²) in [6.07, 6.45) is 1.04. The molecule has 2 N–H and O–H groups in total. The van der Waals surface area contributed by atoms with Crippen LogP contribution in [0.2, 0.25) is 0 Å². The van der Waals surface area contributed by atoms with Gasteiger partial charge in [-0.25, -0.2) is 9.78 Å². The molecule has 2 rings (SSSR count). The predicted molar refractivity (Wildman–Crippen MR) is 46.6 cm³/mol. The number of aromatic nitrogens is 1. The maximum Gasteiger partial charge on any atom is 0.354 e. The molecule has 13 heavy (non-hydrogen) atoms. The lowest BCUT2D eigenvalue weighted by Gasteiger charge is -2.26. The molecule has 1 atom stereocenters. The van der Waals surface area contributed by atoms with Crippen molar-refractivity contribution in [3.05, 3.63) is 29.6 Å². The van der Waals surface area contributed by atoms with Crippen LogP contribution in [0.1, 0.15) is 28.6 Å². The van der Waals surface area contributed by atoms with Gasteiger partial charge in [0.05, 0.1) is 11.7 Å². The van der Waals surface area contributed by atoms with Crippen LogP contribution < -0.4 is 5.32 Å². The minimum atomic E-state index is -0.971. The quantitative estimate of drug-likeness (QED) is 0.703. The summed E-state index contributed by atoms with van der Waals surface area (Å²) >= 11 is 0. The number of aromatic carboxylic acids is 1. The van der Waals surface area contributed by atoms with Crippen LogP contribution in [0, 0.1) is 0 Å². The van der Waals surface area contributed by atoms with Gasteiger partial charge >= 0.3 is 5.97 Å². The average molecular weight is 178 g/mol. The number of hydrogen-bond acceptors (Lipinski definition) is 3. The van der Waals surface area contributed by atoms with E-state index in [1.165, 1.54) is 6.07 Å². The molecule has 4 heteroatoms. The van der Waals surface area contributed by atoms with E-state index in [1.54, 1.807) is 6.07 Å².